The molecule has 17 heavy (non-hydrogen) atoms. The van der Waals surface area contributed by atoms with Crippen molar-refractivity contribution in [2.45, 2.75) is 25.0 Å². The second-order valence-electron chi connectivity index (χ2n) is 3.88. The van der Waals surface area contributed by atoms with Gasteiger partial charge < -0.3 is 19.6 Å². The van der Waals surface area contributed by atoms with Crippen LogP contribution in [-0.2, 0) is 9.53 Å². The average molecular weight is 239 g/mol. The largest absolute Gasteiger partial charge is 0.479 e. The summed E-state index contributed by atoms with van der Waals surface area (Å²) in [6.45, 7) is 0.313. The van der Waals surface area contributed by atoms with E-state index in [1.807, 2.05) is 0 Å². The number of carboxylic acid groups (broad SMARTS) is 1. The summed E-state index contributed by atoms with van der Waals surface area (Å²) in [5, 5.41) is 11.4. The van der Waals surface area contributed by atoms with Gasteiger partial charge in [0.25, 0.3) is 5.91 Å². The number of amides is 1. The highest BCUT2D eigenvalue weighted by atomic mass is 16.5. The van der Waals surface area contributed by atoms with E-state index in [-0.39, 0.29) is 12.0 Å². The quantitative estimate of drug-likeness (QED) is 0.804. The normalized spacial score (nSPS) is 23.5. The number of ether oxygens (including phenoxy) is 1. The van der Waals surface area contributed by atoms with Crippen LogP contribution in [0.2, 0.25) is 0 Å². The van der Waals surface area contributed by atoms with Crippen LogP contribution in [0.1, 0.15) is 23.2 Å². The standard InChI is InChI=1S/C11H13NO5/c13-10(7-3-4-16-6-7)12-5-8-1-2-9(17-8)11(14)15/h3-4,6,8-9H,1-2,5H2,(H,12,13)(H,14,15). The van der Waals surface area contributed by atoms with E-state index in [9.17, 15) is 9.59 Å². The lowest BCUT2D eigenvalue weighted by Gasteiger charge is -2.11. The van der Waals surface area contributed by atoms with Gasteiger partial charge in [0.2, 0.25) is 0 Å². The Bertz CT molecular complexity index is 400. The minimum Gasteiger partial charge on any atom is -0.479 e. The molecule has 2 rings (SSSR count). The summed E-state index contributed by atoms with van der Waals surface area (Å²) in [5.74, 6) is -1.20. The molecule has 0 saturated carbocycles. The molecule has 0 aromatic carbocycles. The van der Waals surface area contributed by atoms with Gasteiger partial charge in [-0.25, -0.2) is 4.79 Å². The topological polar surface area (TPSA) is 88.8 Å². The fourth-order valence-corrected chi connectivity index (χ4v) is 1.74. The van der Waals surface area contributed by atoms with Gasteiger partial charge in [0.05, 0.1) is 17.9 Å². The first-order valence-corrected chi connectivity index (χ1v) is 5.35. The fourth-order valence-electron chi connectivity index (χ4n) is 1.74. The predicted molar refractivity (Wildman–Crippen MR) is 56.6 cm³/mol. The van der Waals surface area contributed by atoms with Crippen molar-refractivity contribution in [3.8, 4) is 0 Å². The molecule has 2 N–H and O–H groups in total. The molecule has 6 heteroatoms. The van der Waals surface area contributed by atoms with Gasteiger partial charge in [-0.1, -0.05) is 0 Å². The van der Waals surface area contributed by atoms with Crippen LogP contribution in [0.3, 0.4) is 0 Å². The third kappa shape index (κ3) is 2.85. The van der Waals surface area contributed by atoms with E-state index in [1.165, 1.54) is 12.5 Å². The van der Waals surface area contributed by atoms with E-state index in [4.69, 9.17) is 14.3 Å². The Balaban J connectivity index is 1.76. The molecule has 0 aliphatic carbocycles. The molecule has 0 radical (unpaired) electrons. The van der Waals surface area contributed by atoms with Crippen LogP contribution in [0.25, 0.3) is 0 Å². The molecule has 6 nitrogen and oxygen atoms in total. The summed E-state index contributed by atoms with van der Waals surface area (Å²) in [4.78, 5) is 22.2. The third-order valence-electron chi connectivity index (χ3n) is 2.66. The molecule has 1 aliphatic heterocycles. The minimum absolute atomic E-state index is 0.230. The number of carboxylic acids is 1. The minimum atomic E-state index is -0.950. The van der Waals surface area contributed by atoms with Crippen LogP contribution in [0, 0.1) is 0 Å². The average Bonchev–Trinajstić information content (AvgIpc) is 2.97. The summed E-state index contributed by atoms with van der Waals surface area (Å²) in [7, 11) is 0. The number of rotatable bonds is 4. The van der Waals surface area contributed by atoms with E-state index in [1.54, 1.807) is 6.07 Å². The van der Waals surface area contributed by atoms with Crippen molar-refractivity contribution >= 4 is 11.9 Å². The van der Waals surface area contributed by atoms with Crippen molar-refractivity contribution in [1.82, 2.24) is 5.32 Å². The molecule has 92 valence electrons. The van der Waals surface area contributed by atoms with Gasteiger partial charge in [-0.05, 0) is 18.9 Å². The van der Waals surface area contributed by atoms with E-state index in [0.29, 0.717) is 24.9 Å². The number of nitrogens with one attached hydrogen (secondary N) is 1. The van der Waals surface area contributed by atoms with Crippen LogP contribution in [-0.4, -0.2) is 35.7 Å². The Labute approximate surface area is 97.6 Å². The van der Waals surface area contributed by atoms with Gasteiger partial charge in [-0.15, -0.1) is 0 Å². The lowest BCUT2D eigenvalue weighted by molar-refractivity contribution is -0.149. The van der Waals surface area contributed by atoms with Gasteiger partial charge in [0.15, 0.2) is 6.10 Å². The Morgan fingerprint density at radius 1 is 1.47 bits per heavy atom. The second-order valence-corrected chi connectivity index (χ2v) is 3.88. The van der Waals surface area contributed by atoms with E-state index >= 15 is 0 Å². The summed E-state index contributed by atoms with van der Waals surface area (Å²) >= 11 is 0. The molecule has 1 aliphatic rings. The van der Waals surface area contributed by atoms with Gasteiger partial charge in [-0.2, -0.15) is 0 Å². The highest BCUT2D eigenvalue weighted by Crippen LogP contribution is 2.19. The molecular weight excluding hydrogens is 226 g/mol. The smallest absolute Gasteiger partial charge is 0.332 e. The molecular formula is C11H13NO5. The molecule has 2 heterocycles. The molecule has 2 unspecified atom stereocenters. The Morgan fingerprint density at radius 2 is 2.29 bits per heavy atom. The number of carbonyl (C=O) groups excluding carboxylic acids is 1. The van der Waals surface area contributed by atoms with Crippen LogP contribution in [0.5, 0.6) is 0 Å². The summed E-state index contributed by atoms with van der Waals surface area (Å²) in [6, 6.07) is 1.56. The molecule has 1 amide bonds. The van der Waals surface area contributed by atoms with Crippen LogP contribution >= 0.6 is 0 Å². The van der Waals surface area contributed by atoms with Crippen LogP contribution < -0.4 is 5.32 Å². The van der Waals surface area contributed by atoms with E-state index in [0.717, 1.165) is 0 Å². The van der Waals surface area contributed by atoms with Crippen molar-refractivity contribution in [2.24, 2.45) is 0 Å². The Kier molecular flexibility index (Phi) is 3.43. The molecule has 1 saturated heterocycles. The zero-order valence-electron chi connectivity index (χ0n) is 9.09. The summed E-state index contributed by atoms with van der Waals surface area (Å²) in [5.41, 5.74) is 0.442. The van der Waals surface area contributed by atoms with Crippen molar-refractivity contribution in [2.75, 3.05) is 6.54 Å². The highest BCUT2D eigenvalue weighted by molar-refractivity contribution is 5.93. The third-order valence-corrected chi connectivity index (χ3v) is 2.66. The summed E-state index contributed by atoms with van der Waals surface area (Å²) < 4.78 is 10.0. The van der Waals surface area contributed by atoms with Crippen LogP contribution in [0.15, 0.2) is 23.0 Å². The molecule has 0 bridgehead atoms. The second kappa shape index (κ2) is 5.01. The van der Waals surface area contributed by atoms with Crippen LogP contribution in [0.4, 0.5) is 0 Å². The van der Waals surface area contributed by atoms with Crippen molar-refractivity contribution in [3.63, 3.8) is 0 Å². The van der Waals surface area contributed by atoms with Gasteiger partial charge >= 0.3 is 5.97 Å². The summed E-state index contributed by atoms with van der Waals surface area (Å²) in [6.07, 6.45) is 2.93. The van der Waals surface area contributed by atoms with Gasteiger partial charge in [0, 0.05) is 6.54 Å². The molecule has 2 atom stereocenters. The fraction of sp³-hybridized carbons (Fsp3) is 0.455. The number of carbonyl (C=O) groups is 2. The maximum Gasteiger partial charge on any atom is 0.332 e. The Morgan fingerprint density at radius 3 is 2.88 bits per heavy atom. The van der Waals surface area contributed by atoms with Crippen molar-refractivity contribution in [1.29, 1.82) is 0 Å². The molecule has 1 fully saturated rings. The number of hydrogen-bond acceptors (Lipinski definition) is 4. The van der Waals surface area contributed by atoms with Gasteiger partial charge in [-0.3, -0.25) is 4.79 Å². The lowest BCUT2D eigenvalue weighted by atomic mass is 10.2. The lowest BCUT2D eigenvalue weighted by Crippen LogP contribution is -2.32. The molecule has 1 aromatic rings. The van der Waals surface area contributed by atoms with E-state index < -0.39 is 12.1 Å². The first kappa shape index (κ1) is 11.7. The monoisotopic (exact) mass is 239 g/mol. The van der Waals surface area contributed by atoms with Gasteiger partial charge in [0.1, 0.15) is 6.26 Å². The molecule has 1 aromatic heterocycles. The first-order chi connectivity index (χ1) is 8.16. The first-order valence-electron chi connectivity index (χ1n) is 5.35. The number of furan rings is 1. The maximum atomic E-state index is 11.5. The highest BCUT2D eigenvalue weighted by Gasteiger charge is 2.30. The van der Waals surface area contributed by atoms with E-state index in [2.05, 4.69) is 5.32 Å². The maximum absolute atomic E-state index is 11.5. The van der Waals surface area contributed by atoms with Crippen molar-refractivity contribution < 1.29 is 23.8 Å². The zero-order chi connectivity index (χ0) is 12.3. The number of hydrogen-bond donors (Lipinski definition) is 2. The number of aliphatic carboxylic acids is 1. The SMILES string of the molecule is O=C(NCC1CCC(C(=O)O)O1)c1ccoc1. The predicted octanol–water partition coefficient (Wildman–Crippen LogP) is 0.642. The Hall–Kier alpha value is -1.82. The molecule has 0 spiro atoms. The van der Waals surface area contributed by atoms with Crippen molar-refractivity contribution in [3.05, 3.63) is 24.2 Å². The zero-order valence-corrected chi connectivity index (χ0v) is 9.09.